The molecule has 112 valence electrons. The summed E-state index contributed by atoms with van der Waals surface area (Å²) in [5, 5.41) is 5.82. The second-order valence-corrected chi connectivity index (χ2v) is 5.08. The maximum Gasteiger partial charge on any atom is 0.315 e. The molecule has 1 unspecified atom stereocenters. The summed E-state index contributed by atoms with van der Waals surface area (Å²) < 4.78 is 5.15. The van der Waals surface area contributed by atoms with Crippen LogP contribution in [0.2, 0.25) is 0 Å². The Morgan fingerprint density at radius 3 is 2.85 bits per heavy atom. The third-order valence-electron chi connectivity index (χ3n) is 3.21. The Morgan fingerprint density at radius 1 is 1.35 bits per heavy atom. The van der Waals surface area contributed by atoms with Crippen molar-refractivity contribution in [1.29, 1.82) is 0 Å². The van der Waals surface area contributed by atoms with Gasteiger partial charge in [0.1, 0.15) is 5.75 Å². The highest BCUT2D eigenvalue weighted by molar-refractivity contribution is 5.74. The van der Waals surface area contributed by atoms with E-state index in [1.54, 1.807) is 7.11 Å². The van der Waals surface area contributed by atoms with Gasteiger partial charge in [-0.2, -0.15) is 0 Å². The highest BCUT2D eigenvalue weighted by Crippen LogP contribution is 2.12. The summed E-state index contributed by atoms with van der Waals surface area (Å²) in [6, 6.07) is 7.79. The quantitative estimate of drug-likeness (QED) is 0.715. The van der Waals surface area contributed by atoms with Crippen molar-refractivity contribution in [1.82, 2.24) is 10.6 Å². The van der Waals surface area contributed by atoms with Gasteiger partial charge in [-0.25, -0.2) is 4.79 Å². The van der Waals surface area contributed by atoms with Gasteiger partial charge in [0.05, 0.1) is 7.11 Å². The average Bonchev–Trinajstić information content (AvgIpc) is 2.45. The first kappa shape index (κ1) is 16.3. The Bertz CT molecular complexity index is 407. The number of unbranched alkanes of at least 4 members (excludes halogenated alkanes) is 2. The van der Waals surface area contributed by atoms with E-state index in [1.807, 2.05) is 31.2 Å². The van der Waals surface area contributed by atoms with Gasteiger partial charge in [0.15, 0.2) is 0 Å². The van der Waals surface area contributed by atoms with E-state index in [1.165, 1.54) is 12.8 Å². The number of carbonyl (C=O) groups excluding carboxylic acids is 1. The first-order chi connectivity index (χ1) is 9.65. The van der Waals surface area contributed by atoms with Crippen LogP contribution in [0.5, 0.6) is 5.75 Å². The van der Waals surface area contributed by atoms with Crippen LogP contribution in [0.15, 0.2) is 24.3 Å². The molecule has 1 atom stereocenters. The molecule has 0 aromatic heterocycles. The van der Waals surface area contributed by atoms with Gasteiger partial charge in [0.25, 0.3) is 0 Å². The van der Waals surface area contributed by atoms with Crippen LogP contribution in [0.3, 0.4) is 0 Å². The number of methoxy groups -OCH3 is 1. The second-order valence-electron chi connectivity index (χ2n) is 5.08. The van der Waals surface area contributed by atoms with Crippen molar-refractivity contribution in [3.63, 3.8) is 0 Å². The van der Waals surface area contributed by atoms with Gasteiger partial charge in [0.2, 0.25) is 0 Å². The van der Waals surface area contributed by atoms with Crippen molar-refractivity contribution in [2.24, 2.45) is 0 Å². The molecule has 4 nitrogen and oxygen atoms in total. The van der Waals surface area contributed by atoms with E-state index in [9.17, 15) is 4.79 Å². The second kappa shape index (κ2) is 9.23. The zero-order valence-corrected chi connectivity index (χ0v) is 12.7. The van der Waals surface area contributed by atoms with Gasteiger partial charge in [-0.05, 0) is 31.0 Å². The molecule has 1 aromatic carbocycles. The maximum atomic E-state index is 11.8. The van der Waals surface area contributed by atoms with E-state index >= 15 is 0 Å². The first-order valence-electron chi connectivity index (χ1n) is 7.33. The van der Waals surface area contributed by atoms with Crippen LogP contribution in [-0.2, 0) is 6.54 Å². The summed E-state index contributed by atoms with van der Waals surface area (Å²) in [5.41, 5.74) is 1.03. The summed E-state index contributed by atoms with van der Waals surface area (Å²) >= 11 is 0. The minimum atomic E-state index is -0.114. The molecule has 2 amide bonds. The lowest BCUT2D eigenvalue weighted by Gasteiger charge is -2.14. The van der Waals surface area contributed by atoms with Gasteiger partial charge in [-0.1, -0.05) is 38.3 Å². The van der Waals surface area contributed by atoms with Gasteiger partial charge in [-0.15, -0.1) is 0 Å². The average molecular weight is 278 g/mol. The smallest absolute Gasteiger partial charge is 0.315 e. The van der Waals surface area contributed by atoms with Crippen LogP contribution in [0.4, 0.5) is 4.79 Å². The van der Waals surface area contributed by atoms with Gasteiger partial charge >= 0.3 is 6.03 Å². The molecule has 0 saturated heterocycles. The number of hydrogen-bond donors (Lipinski definition) is 2. The molecule has 4 heteroatoms. The van der Waals surface area contributed by atoms with Crippen molar-refractivity contribution in [2.45, 2.75) is 52.1 Å². The largest absolute Gasteiger partial charge is 0.497 e. The molecule has 0 spiro atoms. The van der Waals surface area contributed by atoms with Crippen molar-refractivity contribution >= 4 is 6.03 Å². The fourth-order valence-corrected chi connectivity index (χ4v) is 2.01. The minimum Gasteiger partial charge on any atom is -0.497 e. The molecule has 0 radical (unpaired) electrons. The highest BCUT2D eigenvalue weighted by Gasteiger charge is 2.06. The lowest BCUT2D eigenvalue weighted by atomic mass is 10.1. The number of rotatable bonds is 8. The Hall–Kier alpha value is -1.71. The van der Waals surface area contributed by atoms with E-state index in [0.29, 0.717) is 6.54 Å². The molecule has 1 aromatic rings. The number of benzene rings is 1. The topological polar surface area (TPSA) is 50.4 Å². The molecule has 0 saturated carbocycles. The molecule has 0 aliphatic carbocycles. The molecule has 0 aliphatic rings. The van der Waals surface area contributed by atoms with Crippen LogP contribution in [0, 0.1) is 0 Å². The highest BCUT2D eigenvalue weighted by atomic mass is 16.5. The van der Waals surface area contributed by atoms with Crippen molar-refractivity contribution in [2.75, 3.05) is 7.11 Å². The monoisotopic (exact) mass is 278 g/mol. The predicted molar refractivity (Wildman–Crippen MR) is 82.0 cm³/mol. The van der Waals surface area contributed by atoms with Crippen molar-refractivity contribution in [3.05, 3.63) is 29.8 Å². The Morgan fingerprint density at radius 2 is 2.15 bits per heavy atom. The van der Waals surface area contributed by atoms with E-state index in [-0.39, 0.29) is 12.1 Å². The summed E-state index contributed by atoms with van der Waals surface area (Å²) in [5.74, 6) is 0.803. The summed E-state index contributed by atoms with van der Waals surface area (Å²) in [4.78, 5) is 11.8. The predicted octanol–water partition coefficient (Wildman–Crippen LogP) is 3.46. The number of urea groups is 1. The van der Waals surface area contributed by atoms with Crippen molar-refractivity contribution in [3.8, 4) is 5.75 Å². The Kier molecular flexibility index (Phi) is 7.55. The lowest BCUT2D eigenvalue weighted by molar-refractivity contribution is 0.236. The molecule has 0 aliphatic heterocycles. The molecule has 20 heavy (non-hydrogen) atoms. The van der Waals surface area contributed by atoms with Crippen LogP contribution in [-0.4, -0.2) is 19.2 Å². The van der Waals surface area contributed by atoms with Gasteiger partial charge < -0.3 is 15.4 Å². The number of hydrogen-bond acceptors (Lipinski definition) is 2. The number of carbonyl (C=O) groups is 1. The van der Waals surface area contributed by atoms with E-state index < -0.39 is 0 Å². The van der Waals surface area contributed by atoms with E-state index in [4.69, 9.17) is 4.74 Å². The zero-order chi connectivity index (χ0) is 14.8. The standard InChI is InChI=1S/C16H26N2O2/c1-4-5-6-8-13(2)18-16(19)17-12-14-9-7-10-15(11-14)20-3/h7,9-11,13H,4-6,8,12H2,1-3H3,(H2,17,18,19). The number of amides is 2. The van der Waals surface area contributed by atoms with E-state index in [2.05, 4.69) is 17.6 Å². The zero-order valence-electron chi connectivity index (χ0n) is 12.7. The Labute approximate surface area is 121 Å². The molecular weight excluding hydrogens is 252 g/mol. The normalized spacial score (nSPS) is 11.8. The first-order valence-corrected chi connectivity index (χ1v) is 7.33. The van der Waals surface area contributed by atoms with Crippen LogP contribution >= 0.6 is 0 Å². The van der Waals surface area contributed by atoms with Crippen molar-refractivity contribution < 1.29 is 9.53 Å². The van der Waals surface area contributed by atoms with Crippen LogP contribution in [0.1, 0.15) is 45.1 Å². The molecule has 0 bridgehead atoms. The van der Waals surface area contributed by atoms with Gasteiger partial charge in [-0.3, -0.25) is 0 Å². The third kappa shape index (κ3) is 6.45. The SMILES string of the molecule is CCCCCC(C)NC(=O)NCc1cccc(OC)c1. The fourth-order valence-electron chi connectivity index (χ4n) is 2.01. The maximum absolute atomic E-state index is 11.8. The molecule has 0 fully saturated rings. The van der Waals surface area contributed by atoms with Crippen LogP contribution < -0.4 is 15.4 Å². The molecule has 2 N–H and O–H groups in total. The van der Waals surface area contributed by atoms with Crippen LogP contribution in [0.25, 0.3) is 0 Å². The van der Waals surface area contributed by atoms with Gasteiger partial charge in [0, 0.05) is 12.6 Å². The summed E-state index contributed by atoms with van der Waals surface area (Å²) in [6.45, 7) is 4.73. The number of ether oxygens (including phenoxy) is 1. The molecular formula is C16H26N2O2. The number of nitrogens with one attached hydrogen (secondary N) is 2. The minimum absolute atomic E-state index is 0.114. The lowest BCUT2D eigenvalue weighted by Crippen LogP contribution is -2.40. The fraction of sp³-hybridized carbons (Fsp3) is 0.562. The molecule has 0 heterocycles. The summed E-state index contributed by atoms with van der Waals surface area (Å²) in [7, 11) is 1.64. The summed E-state index contributed by atoms with van der Waals surface area (Å²) in [6.07, 6.45) is 4.61. The third-order valence-corrected chi connectivity index (χ3v) is 3.21. The molecule has 1 rings (SSSR count). The Balaban J connectivity index is 2.28. The van der Waals surface area contributed by atoms with E-state index in [0.717, 1.165) is 24.2 Å².